The maximum absolute atomic E-state index is 11.9. The number of sulfonamides is 1. The van der Waals surface area contributed by atoms with Gasteiger partial charge in [-0.25, -0.2) is 18.1 Å². The van der Waals surface area contributed by atoms with E-state index in [9.17, 15) is 8.42 Å². The van der Waals surface area contributed by atoms with E-state index >= 15 is 0 Å². The molecule has 0 saturated heterocycles. The highest BCUT2D eigenvalue weighted by Gasteiger charge is 2.23. The molecule has 0 saturated carbocycles. The van der Waals surface area contributed by atoms with Crippen molar-refractivity contribution in [3.8, 4) is 0 Å². The van der Waals surface area contributed by atoms with Crippen molar-refractivity contribution < 1.29 is 8.42 Å². The SMILES string of the molecule is CCNc1nc2sccn2c1S(=O)(=O)NC. The van der Waals surface area contributed by atoms with Crippen LogP contribution in [-0.4, -0.2) is 31.4 Å². The van der Waals surface area contributed by atoms with E-state index in [1.165, 1.54) is 18.4 Å². The molecule has 2 N–H and O–H groups in total. The standard InChI is InChI=1S/C8H12N4O2S2/c1-3-10-6-7(16(13,14)9-2)12-4-5-15-8(12)11-6/h4-5,9-10H,3H2,1-2H3. The summed E-state index contributed by atoms with van der Waals surface area (Å²) in [6, 6.07) is 0. The van der Waals surface area contributed by atoms with E-state index in [0.29, 0.717) is 17.3 Å². The third-order valence-corrected chi connectivity index (χ3v) is 4.28. The van der Waals surface area contributed by atoms with Gasteiger partial charge in [0.2, 0.25) is 0 Å². The fourth-order valence-corrected chi connectivity index (χ4v) is 3.14. The molecule has 0 bridgehead atoms. The van der Waals surface area contributed by atoms with Crippen LogP contribution < -0.4 is 10.0 Å². The van der Waals surface area contributed by atoms with Crippen LogP contribution >= 0.6 is 11.3 Å². The zero-order chi connectivity index (χ0) is 11.8. The first kappa shape index (κ1) is 11.4. The summed E-state index contributed by atoms with van der Waals surface area (Å²) < 4.78 is 27.6. The third-order valence-electron chi connectivity index (χ3n) is 2.09. The van der Waals surface area contributed by atoms with E-state index in [0.717, 1.165) is 0 Å². The second-order valence-electron chi connectivity index (χ2n) is 3.06. The van der Waals surface area contributed by atoms with Crippen LogP contribution in [0.4, 0.5) is 5.82 Å². The summed E-state index contributed by atoms with van der Waals surface area (Å²) >= 11 is 1.39. The topological polar surface area (TPSA) is 75.5 Å². The monoisotopic (exact) mass is 260 g/mol. The molecule has 2 aromatic rings. The predicted octanol–water partition coefficient (Wildman–Crippen LogP) is 0.736. The highest BCUT2D eigenvalue weighted by atomic mass is 32.2. The summed E-state index contributed by atoms with van der Waals surface area (Å²) in [4.78, 5) is 4.89. The summed E-state index contributed by atoms with van der Waals surface area (Å²) in [5, 5.41) is 4.91. The van der Waals surface area contributed by atoms with Gasteiger partial charge in [-0.3, -0.25) is 4.40 Å². The summed E-state index contributed by atoms with van der Waals surface area (Å²) in [6.07, 6.45) is 1.69. The van der Waals surface area contributed by atoms with Crippen molar-refractivity contribution in [1.29, 1.82) is 0 Å². The van der Waals surface area contributed by atoms with Crippen LogP contribution in [0.3, 0.4) is 0 Å². The van der Waals surface area contributed by atoms with E-state index in [1.807, 2.05) is 6.92 Å². The van der Waals surface area contributed by atoms with Gasteiger partial charge in [0.05, 0.1) is 0 Å². The molecule has 8 heteroatoms. The van der Waals surface area contributed by atoms with Crippen LogP contribution in [0.15, 0.2) is 16.6 Å². The Morgan fingerprint density at radius 2 is 2.31 bits per heavy atom. The van der Waals surface area contributed by atoms with E-state index in [-0.39, 0.29) is 5.03 Å². The second-order valence-corrected chi connectivity index (χ2v) is 5.73. The number of thiazole rings is 1. The fourth-order valence-electron chi connectivity index (χ4n) is 1.40. The number of anilines is 1. The van der Waals surface area contributed by atoms with Gasteiger partial charge in [0.15, 0.2) is 15.8 Å². The van der Waals surface area contributed by atoms with Crippen molar-refractivity contribution in [2.75, 3.05) is 18.9 Å². The molecule has 2 aromatic heterocycles. The van der Waals surface area contributed by atoms with Gasteiger partial charge in [-0.1, -0.05) is 0 Å². The molecule has 6 nitrogen and oxygen atoms in total. The molecular weight excluding hydrogens is 248 g/mol. The average molecular weight is 260 g/mol. The molecule has 2 heterocycles. The molecule has 16 heavy (non-hydrogen) atoms. The maximum atomic E-state index is 11.9. The molecule has 0 aromatic carbocycles. The zero-order valence-electron chi connectivity index (χ0n) is 8.89. The van der Waals surface area contributed by atoms with Crippen molar-refractivity contribution in [2.45, 2.75) is 11.9 Å². The molecule has 0 atom stereocenters. The molecule has 0 aliphatic carbocycles. The van der Waals surface area contributed by atoms with Crippen LogP contribution in [-0.2, 0) is 10.0 Å². The quantitative estimate of drug-likeness (QED) is 0.850. The first-order chi connectivity index (χ1) is 7.60. The van der Waals surface area contributed by atoms with Crippen molar-refractivity contribution >= 4 is 32.1 Å². The predicted molar refractivity (Wildman–Crippen MR) is 63.5 cm³/mol. The Hall–Kier alpha value is -1.12. The van der Waals surface area contributed by atoms with Gasteiger partial charge in [0, 0.05) is 18.1 Å². The maximum Gasteiger partial charge on any atom is 0.260 e. The summed E-state index contributed by atoms with van der Waals surface area (Å²) in [6.45, 7) is 2.51. The number of hydrogen-bond acceptors (Lipinski definition) is 5. The van der Waals surface area contributed by atoms with E-state index in [1.54, 1.807) is 16.0 Å². The van der Waals surface area contributed by atoms with Crippen molar-refractivity contribution in [1.82, 2.24) is 14.1 Å². The van der Waals surface area contributed by atoms with Crippen molar-refractivity contribution in [3.63, 3.8) is 0 Å². The molecule has 0 aliphatic rings. The minimum absolute atomic E-state index is 0.160. The van der Waals surface area contributed by atoms with Crippen LogP contribution in [0.5, 0.6) is 0 Å². The molecule has 0 amide bonds. The van der Waals surface area contributed by atoms with Crippen molar-refractivity contribution in [3.05, 3.63) is 11.6 Å². The Labute approximate surface area is 97.4 Å². The summed E-state index contributed by atoms with van der Waals surface area (Å²) in [5.74, 6) is 0.392. The zero-order valence-corrected chi connectivity index (χ0v) is 10.5. The van der Waals surface area contributed by atoms with Crippen LogP contribution in [0.25, 0.3) is 4.96 Å². The lowest BCUT2D eigenvalue weighted by Crippen LogP contribution is -2.21. The fraction of sp³-hybridized carbons (Fsp3) is 0.375. The van der Waals surface area contributed by atoms with Gasteiger partial charge in [0.1, 0.15) is 0 Å². The molecule has 0 fully saturated rings. The third kappa shape index (κ3) is 1.68. The number of aromatic nitrogens is 2. The van der Waals surface area contributed by atoms with Gasteiger partial charge in [-0.2, -0.15) is 0 Å². The first-order valence-electron chi connectivity index (χ1n) is 4.73. The van der Waals surface area contributed by atoms with Crippen LogP contribution in [0.2, 0.25) is 0 Å². The first-order valence-corrected chi connectivity index (χ1v) is 7.09. The Morgan fingerprint density at radius 1 is 1.56 bits per heavy atom. The second kappa shape index (κ2) is 4.04. The Kier molecular flexibility index (Phi) is 2.87. The van der Waals surface area contributed by atoms with E-state index < -0.39 is 10.0 Å². The molecule has 0 aliphatic heterocycles. The number of hydrogen-bond donors (Lipinski definition) is 2. The highest BCUT2D eigenvalue weighted by Crippen LogP contribution is 2.25. The summed E-state index contributed by atoms with van der Waals surface area (Å²) in [7, 11) is -2.12. The summed E-state index contributed by atoms with van der Waals surface area (Å²) in [5.41, 5.74) is 0. The van der Waals surface area contributed by atoms with Gasteiger partial charge >= 0.3 is 0 Å². The van der Waals surface area contributed by atoms with E-state index in [4.69, 9.17) is 0 Å². The lowest BCUT2D eigenvalue weighted by Gasteiger charge is -2.04. The van der Waals surface area contributed by atoms with Gasteiger partial charge in [-0.15, -0.1) is 11.3 Å². The average Bonchev–Trinajstić information content (AvgIpc) is 2.77. The lowest BCUT2D eigenvalue weighted by atomic mass is 10.6. The Morgan fingerprint density at radius 3 is 2.94 bits per heavy atom. The van der Waals surface area contributed by atoms with Gasteiger partial charge in [0.25, 0.3) is 10.0 Å². The number of imidazole rings is 1. The highest BCUT2D eigenvalue weighted by molar-refractivity contribution is 7.89. The van der Waals surface area contributed by atoms with Crippen LogP contribution in [0, 0.1) is 0 Å². The molecule has 88 valence electrons. The van der Waals surface area contributed by atoms with Crippen molar-refractivity contribution in [2.24, 2.45) is 0 Å². The van der Waals surface area contributed by atoms with Gasteiger partial charge < -0.3 is 5.32 Å². The molecule has 2 rings (SSSR count). The molecule has 0 spiro atoms. The Bertz CT molecular complexity index is 599. The minimum Gasteiger partial charge on any atom is -0.368 e. The number of nitrogens with zero attached hydrogens (tertiary/aromatic N) is 2. The largest absolute Gasteiger partial charge is 0.368 e. The number of nitrogens with one attached hydrogen (secondary N) is 2. The molecule has 0 unspecified atom stereocenters. The van der Waals surface area contributed by atoms with E-state index in [2.05, 4.69) is 15.0 Å². The molecular formula is C8H12N4O2S2. The lowest BCUT2D eigenvalue weighted by molar-refractivity contribution is 0.584. The molecule has 0 radical (unpaired) electrons. The number of rotatable bonds is 4. The van der Waals surface area contributed by atoms with Crippen LogP contribution in [0.1, 0.15) is 6.92 Å². The van der Waals surface area contributed by atoms with Gasteiger partial charge in [-0.05, 0) is 14.0 Å². The Balaban J connectivity index is 2.71. The minimum atomic E-state index is -3.51. The smallest absolute Gasteiger partial charge is 0.260 e. The number of fused-ring (bicyclic) bond motifs is 1. The normalized spacial score (nSPS) is 12.1.